The topological polar surface area (TPSA) is 111 Å². The van der Waals surface area contributed by atoms with Crippen molar-refractivity contribution >= 4 is 46.3 Å². The summed E-state index contributed by atoms with van der Waals surface area (Å²) < 4.78 is 22.0. The highest BCUT2D eigenvalue weighted by molar-refractivity contribution is 7.90. The van der Waals surface area contributed by atoms with E-state index in [4.69, 9.17) is 9.47 Å². The molecular weight excluding hydrogens is 458 g/mol. The van der Waals surface area contributed by atoms with Crippen LogP contribution in [0.5, 0.6) is 0 Å². The first-order valence-electron chi connectivity index (χ1n) is 10.8. The molecule has 0 aromatic heterocycles. The molecule has 0 fully saturated rings. The fourth-order valence-electron chi connectivity index (χ4n) is 3.92. The van der Waals surface area contributed by atoms with E-state index in [1.807, 2.05) is 6.92 Å². The van der Waals surface area contributed by atoms with Crippen LogP contribution in [0.2, 0.25) is 0 Å². The van der Waals surface area contributed by atoms with Crippen LogP contribution in [0.25, 0.3) is 11.1 Å². The van der Waals surface area contributed by atoms with Gasteiger partial charge in [-0.1, -0.05) is 0 Å². The molecule has 0 saturated heterocycles. The Labute approximate surface area is 202 Å². The first-order valence-corrected chi connectivity index (χ1v) is 12.3. The van der Waals surface area contributed by atoms with Gasteiger partial charge in [0.1, 0.15) is 6.26 Å². The van der Waals surface area contributed by atoms with Gasteiger partial charge >= 0.3 is 12.2 Å². The highest BCUT2D eigenvalue weighted by Gasteiger charge is 2.36. The lowest BCUT2D eigenvalue weighted by Gasteiger charge is -2.41. The van der Waals surface area contributed by atoms with Gasteiger partial charge in [-0.05, 0) is 73.9 Å². The van der Waals surface area contributed by atoms with Crippen molar-refractivity contribution in [2.24, 2.45) is 0 Å². The molecule has 1 aliphatic rings. The molecule has 0 aliphatic carbocycles. The summed E-state index contributed by atoms with van der Waals surface area (Å²) in [6.07, 6.45) is 0.0668. The molecule has 0 bridgehead atoms. The molecule has 9 nitrogen and oxygen atoms in total. The maximum absolute atomic E-state index is 12.9. The minimum atomic E-state index is -1.15. The molecule has 1 aliphatic heterocycles. The van der Waals surface area contributed by atoms with Gasteiger partial charge in [-0.15, -0.1) is 0 Å². The normalized spacial score (nSPS) is 16.1. The second kappa shape index (κ2) is 10.4. The Hall–Kier alpha value is -3.24. The Kier molecular flexibility index (Phi) is 7.73. The van der Waals surface area contributed by atoms with Crippen molar-refractivity contribution in [3.8, 4) is 11.1 Å². The van der Waals surface area contributed by atoms with Gasteiger partial charge in [-0.2, -0.15) is 0 Å². The van der Waals surface area contributed by atoms with E-state index in [2.05, 4.69) is 5.32 Å². The molecule has 2 unspecified atom stereocenters. The fraction of sp³-hybridized carbons (Fsp3) is 0.375. The van der Waals surface area contributed by atoms with E-state index in [0.29, 0.717) is 33.1 Å². The summed E-state index contributed by atoms with van der Waals surface area (Å²) in [6.45, 7) is 7.07. The van der Waals surface area contributed by atoms with Gasteiger partial charge in [0.05, 0.1) is 36.3 Å². The number of rotatable bonds is 4. The summed E-state index contributed by atoms with van der Waals surface area (Å²) in [5, 5.41) is 2.70. The van der Waals surface area contributed by atoms with Gasteiger partial charge in [-0.25, -0.2) is 9.59 Å². The van der Waals surface area contributed by atoms with Crippen LogP contribution in [0.3, 0.4) is 0 Å². The van der Waals surface area contributed by atoms with E-state index >= 15 is 0 Å². The SMILES string of the molecule is COC(=O)Nc1cc2c(cc1-c1ccc([S+](C)[O-])cc1)N(C(=O)OC(C)C)CC(C)N2C(C)=O. The zero-order valence-corrected chi connectivity index (χ0v) is 20.9. The Balaban J connectivity index is 2.23. The molecule has 2 aromatic rings. The molecule has 3 amide bonds. The Morgan fingerprint density at radius 2 is 1.79 bits per heavy atom. The lowest BCUT2D eigenvalue weighted by atomic mass is 9.98. The predicted molar refractivity (Wildman–Crippen MR) is 132 cm³/mol. The van der Waals surface area contributed by atoms with Crippen LogP contribution in [-0.4, -0.2) is 54.7 Å². The molecule has 3 rings (SSSR count). The van der Waals surface area contributed by atoms with Crippen molar-refractivity contribution in [3.63, 3.8) is 0 Å². The molecule has 0 radical (unpaired) electrons. The lowest BCUT2D eigenvalue weighted by Crippen LogP contribution is -2.51. The number of carbonyl (C=O) groups excluding carboxylic acids is 3. The van der Waals surface area contributed by atoms with Crippen LogP contribution in [0.4, 0.5) is 26.7 Å². The zero-order chi connectivity index (χ0) is 25.2. The molecule has 2 aromatic carbocycles. The highest BCUT2D eigenvalue weighted by atomic mass is 32.2. The van der Waals surface area contributed by atoms with Crippen LogP contribution in [0.15, 0.2) is 41.3 Å². The number of fused-ring (bicyclic) bond motifs is 1. The van der Waals surface area contributed by atoms with E-state index in [1.165, 1.54) is 18.9 Å². The maximum atomic E-state index is 12.9. The summed E-state index contributed by atoms with van der Waals surface area (Å²) in [5.41, 5.74) is 2.65. The van der Waals surface area contributed by atoms with Crippen LogP contribution in [0, 0.1) is 0 Å². The van der Waals surface area contributed by atoms with Crippen LogP contribution in [-0.2, 0) is 25.4 Å². The minimum Gasteiger partial charge on any atom is -0.612 e. The van der Waals surface area contributed by atoms with Gasteiger partial charge in [-0.3, -0.25) is 15.0 Å². The van der Waals surface area contributed by atoms with Gasteiger partial charge in [0.25, 0.3) is 0 Å². The largest absolute Gasteiger partial charge is 0.612 e. The molecule has 1 N–H and O–H groups in total. The number of nitrogens with one attached hydrogen (secondary N) is 1. The third-order valence-electron chi connectivity index (χ3n) is 5.37. The summed E-state index contributed by atoms with van der Waals surface area (Å²) >= 11 is -1.15. The molecular formula is C24H29N3O6S. The van der Waals surface area contributed by atoms with Crippen LogP contribution in [0.1, 0.15) is 27.7 Å². The van der Waals surface area contributed by atoms with Crippen molar-refractivity contribution in [2.75, 3.05) is 35.0 Å². The quantitative estimate of drug-likeness (QED) is 0.641. The maximum Gasteiger partial charge on any atom is 0.414 e. The van der Waals surface area contributed by atoms with E-state index in [0.717, 1.165) is 0 Å². The van der Waals surface area contributed by atoms with Crippen molar-refractivity contribution < 1.29 is 28.4 Å². The number of nitrogens with zero attached hydrogens (tertiary/aromatic N) is 2. The first kappa shape index (κ1) is 25.4. The highest BCUT2D eigenvalue weighted by Crippen LogP contribution is 2.43. The van der Waals surface area contributed by atoms with Crippen LogP contribution >= 0.6 is 0 Å². The number of anilines is 3. The average molecular weight is 488 g/mol. The number of amides is 3. The molecule has 0 spiro atoms. The first-order chi connectivity index (χ1) is 16.0. The van der Waals surface area contributed by atoms with E-state index in [1.54, 1.807) is 61.4 Å². The third kappa shape index (κ3) is 5.28. The number of hydrogen-bond acceptors (Lipinski definition) is 6. The Bertz CT molecular complexity index is 1090. The second-order valence-corrected chi connectivity index (χ2v) is 9.64. The average Bonchev–Trinajstić information content (AvgIpc) is 2.77. The number of methoxy groups -OCH3 is 1. The van der Waals surface area contributed by atoms with E-state index < -0.39 is 23.4 Å². The Morgan fingerprint density at radius 1 is 1.15 bits per heavy atom. The third-order valence-corrected chi connectivity index (χ3v) is 6.30. The summed E-state index contributed by atoms with van der Waals surface area (Å²) in [5.74, 6) is -0.197. The summed E-state index contributed by atoms with van der Waals surface area (Å²) in [6, 6.07) is 10.1. The monoisotopic (exact) mass is 487 g/mol. The fourth-order valence-corrected chi connectivity index (χ4v) is 4.43. The number of ether oxygens (including phenoxy) is 2. The molecule has 2 atom stereocenters. The second-order valence-electron chi connectivity index (χ2n) is 8.26. The standard InChI is InChI=1S/C24H29N3O6S/c1-14(2)33-24(30)26-13-15(3)27(16(4)28)22-12-20(25-23(29)32-5)19(11-21(22)26)17-7-9-18(10-8-17)34(6)31/h7-12,14-15H,13H2,1-6H3,(H,25,29). The zero-order valence-electron chi connectivity index (χ0n) is 20.1. The number of benzene rings is 2. The van der Waals surface area contributed by atoms with E-state index in [-0.39, 0.29) is 24.6 Å². The van der Waals surface area contributed by atoms with Gasteiger partial charge < -0.3 is 18.9 Å². The molecule has 182 valence electrons. The van der Waals surface area contributed by atoms with E-state index in [9.17, 15) is 18.9 Å². The van der Waals surface area contributed by atoms with Crippen molar-refractivity contribution in [1.29, 1.82) is 0 Å². The molecule has 34 heavy (non-hydrogen) atoms. The lowest BCUT2D eigenvalue weighted by molar-refractivity contribution is -0.117. The van der Waals surface area contributed by atoms with Gasteiger partial charge in [0.15, 0.2) is 4.90 Å². The Morgan fingerprint density at radius 3 is 2.32 bits per heavy atom. The smallest absolute Gasteiger partial charge is 0.414 e. The summed E-state index contributed by atoms with van der Waals surface area (Å²) in [4.78, 5) is 41.3. The van der Waals surface area contributed by atoms with Crippen molar-refractivity contribution in [3.05, 3.63) is 36.4 Å². The molecule has 10 heteroatoms. The van der Waals surface area contributed by atoms with Crippen LogP contribution < -0.4 is 15.1 Å². The van der Waals surface area contributed by atoms with Gasteiger partial charge in [0.2, 0.25) is 5.91 Å². The van der Waals surface area contributed by atoms with Crippen molar-refractivity contribution in [1.82, 2.24) is 0 Å². The number of hydrogen-bond donors (Lipinski definition) is 1. The van der Waals surface area contributed by atoms with Crippen molar-refractivity contribution in [2.45, 2.75) is 44.7 Å². The molecule has 1 heterocycles. The predicted octanol–water partition coefficient (Wildman–Crippen LogP) is 4.38. The molecule has 0 saturated carbocycles. The number of carbonyl (C=O) groups is 3. The van der Waals surface area contributed by atoms with Gasteiger partial charge in [0, 0.05) is 19.0 Å². The summed E-state index contributed by atoms with van der Waals surface area (Å²) in [7, 11) is 1.26. The minimum absolute atomic E-state index is 0.197.